The van der Waals surface area contributed by atoms with Crippen molar-refractivity contribution >= 4 is 0 Å². The van der Waals surface area contributed by atoms with Gasteiger partial charge in [-0.15, -0.1) is 0 Å². The maximum absolute atomic E-state index is 3.95. The fourth-order valence-electron chi connectivity index (χ4n) is 1.46. The molecule has 0 heterocycles. The van der Waals surface area contributed by atoms with Crippen molar-refractivity contribution in [2.24, 2.45) is 5.41 Å². The third kappa shape index (κ3) is 2.01. The molecule has 1 heteroatoms. The van der Waals surface area contributed by atoms with E-state index in [0.717, 1.165) is 6.42 Å². The average Bonchev–Trinajstić information content (AvgIpc) is 1.67. The fraction of sp³-hybridized carbons (Fsp3) is 0.875. The summed E-state index contributed by atoms with van der Waals surface area (Å²) in [4.78, 5) is 0. The summed E-state index contributed by atoms with van der Waals surface area (Å²) in [5.74, 6) is 0. The van der Waals surface area contributed by atoms with Gasteiger partial charge < -0.3 is 6.92 Å². The van der Waals surface area contributed by atoms with Crippen LogP contribution in [0.15, 0.2) is 0 Å². The van der Waals surface area contributed by atoms with Crippen LogP contribution in [0.4, 0.5) is 0 Å². The molecule has 0 saturated heterocycles. The van der Waals surface area contributed by atoms with Gasteiger partial charge in [0.1, 0.15) is 0 Å². The summed E-state index contributed by atoms with van der Waals surface area (Å²) in [6.07, 6.45) is 6.82. The van der Waals surface area contributed by atoms with Gasteiger partial charge in [0.25, 0.3) is 0 Å². The SMILES string of the molecule is [CH2-]CC1(CC)CCC1.[Y]. The molecule has 1 aliphatic rings. The molecule has 0 N–H and O–H groups in total. The molecule has 0 atom stereocenters. The summed E-state index contributed by atoms with van der Waals surface area (Å²) < 4.78 is 0. The second-order valence-electron chi connectivity index (χ2n) is 2.96. The Kier molecular flexibility index (Phi) is 4.58. The van der Waals surface area contributed by atoms with Crippen molar-refractivity contribution in [1.29, 1.82) is 0 Å². The van der Waals surface area contributed by atoms with E-state index < -0.39 is 0 Å². The zero-order valence-electron chi connectivity index (χ0n) is 6.32. The first-order valence-corrected chi connectivity index (χ1v) is 3.62. The van der Waals surface area contributed by atoms with Gasteiger partial charge in [0.15, 0.2) is 0 Å². The first kappa shape index (κ1) is 10.1. The molecule has 0 bridgehead atoms. The van der Waals surface area contributed by atoms with Gasteiger partial charge in [0.05, 0.1) is 0 Å². The van der Waals surface area contributed by atoms with Crippen LogP contribution in [0.1, 0.15) is 39.0 Å². The minimum atomic E-state index is 0. The van der Waals surface area contributed by atoms with Crippen LogP contribution in [-0.4, -0.2) is 0 Å². The first-order chi connectivity index (χ1) is 3.83. The summed E-state index contributed by atoms with van der Waals surface area (Å²) in [7, 11) is 0. The third-order valence-corrected chi connectivity index (χ3v) is 2.69. The largest absolute Gasteiger partial charge is 0.343 e. The molecule has 0 amide bonds. The molecule has 0 aliphatic heterocycles. The van der Waals surface area contributed by atoms with E-state index in [4.69, 9.17) is 0 Å². The molecule has 1 aliphatic carbocycles. The number of hydrogen-bond donors (Lipinski definition) is 0. The summed E-state index contributed by atoms with van der Waals surface area (Å²) in [5.41, 5.74) is 0.694. The zero-order chi connectivity index (χ0) is 6.04. The van der Waals surface area contributed by atoms with Gasteiger partial charge in [-0.05, 0) is 0 Å². The van der Waals surface area contributed by atoms with E-state index in [1.807, 2.05) is 0 Å². The molecule has 51 valence electrons. The molecule has 1 saturated carbocycles. The molecule has 0 aromatic carbocycles. The van der Waals surface area contributed by atoms with Crippen molar-refractivity contribution in [1.82, 2.24) is 0 Å². The maximum atomic E-state index is 3.95. The van der Waals surface area contributed by atoms with Crippen LogP contribution in [0, 0.1) is 12.3 Å². The quantitative estimate of drug-likeness (QED) is 0.601. The molecule has 0 spiro atoms. The Morgan fingerprint density at radius 1 is 1.44 bits per heavy atom. The molecule has 0 aromatic rings. The van der Waals surface area contributed by atoms with Gasteiger partial charge in [-0.3, -0.25) is 0 Å². The maximum Gasteiger partial charge on any atom is 0 e. The van der Waals surface area contributed by atoms with E-state index >= 15 is 0 Å². The van der Waals surface area contributed by atoms with Gasteiger partial charge in [0, 0.05) is 32.7 Å². The van der Waals surface area contributed by atoms with Crippen LogP contribution >= 0.6 is 0 Å². The molecule has 1 fully saturated rings. The van der Waals surface area contributed by atoms with E-state index in [1.54, 1.807) is 0 Å². The smallest absolute Gasteiger partial charge is 0 e. The zero-order valence-corrected chi connectivity index (χ0v) is 9.16. The van der Waals surface area contributed by atoms with Crippen LogP contribution in [0.3, 0.4) is 0 Å². The average molecular weight is 200 g/mol. The van der Waals surface area contributed by atoms with Crippen LogP contribution in [0.2, 0.25) is 0 Å². The molecular formula is C8H15Y-. The van der Waals surface area contributed by atoms with Gasteiger partial charge in [0.2, 0.25) is 0 Å². The summed E-state index contributed by atoms with van der Waals surface area (Å²) in [6.45, 7) is 6.23. The molecule has 0 unspecified atom stereocenters. The Morgan fingerprint density at radius 2 is 2.00 bits per heavy atom. The van der Waals surface area contributed by atoms with E-state index in [9.17, 15) is 0 Å². The molecule has 9 heavy (non-hydrogen) atoms. The fourth-order valence-corrected chi connectivity index (χ4v) is 1.46. The Hall–Kier alpha value is 1.10. The Labute approximate surface area is 83.7 Å². The molecule has 1 radical (unpaired) electrons. The van der Waals surface area contributed by atoms with E-state index in [-0.39, 0.29) is 32.7 Å². The van der Waals surface area contributed by atoms with Gasteiger partial charge in [-0.25, -0.2) is 0 Å². The van der Waals surface area contributed by atoms with Crippen molar-refractivity contribution < 1.29 is 32.7 Å². The number of rotatable bonds is 2. The monoisotopic (exact) mass is 200 g/mol. The Bertz CT molecular complexity index is 61.1. The molecule has 0 nitrogen and oxygen atoms in total. The predicted molar refractivity (Wildman–Crippen MR) is 36.5 cm³/mol. The topological polar surface area (TPSA) is 0 Å². The second-order valence-corrected chi connectivity index (χ2v) is 2.96. The predicted octanol–water partition coefficient (Wildman–Crippen LogP) is 2.79. The van der Waals surface area contributed by atoms with Crippen LogP contribution < -0.4 is 0 Å². The van der Waals surface area contributed by atoms with E-state index in [2.05, 4.69) is 13.8 Å². The van der Waals surface area contributed by atoms with Gasteiger partial charge in [-0.1, -0.05) is 38.0 Å². The van der Waals surface area contributed by atoms with E-state index in [0.29, 0.717) is 5.41 Å². The second kappa shape index (κ2) is 4.08. The van der Waals surface area contributed by atoms with Crippen molar-refractivity contribution in [2.75, 3.05) is 0 Å². The van der Waals surface area contributed by atoms with Crippen LogP contribution in [0.25, 0.3) is 0 Å². The van der Waals surface area contributed by atoms with Gasteiger partial charge >= 0.3 is 0 Å². The Balaban J connectivity index is 0.000000640. The summed E-state index contributed by atoms with van der Waals surface area (Å²) in [6, 6.07) is 0. The normalized spacial score (nSPS) is 22.0. The molecule has 1 rings (SSSR count). The van der Waals surface area contributed by atoms with Crippen molar-refractivity contribution in [3.63, 3.8) is 0 Å². The van der Waals surface area contributed by atoms with Crippen molar-refractivity contribution in [3.8, 4) is 0 Å². The minimum absolute atomic E-state index is 0. The van der Waals surface area contributed by atoms with Crippen LogP contribution in [0.5, 0.6) is 0 Å². The van der Waals surface area contributed by atoms with Crippen molar-refractivity contribution in [3.05, 3.63) is 6.92 Å². The standard InChI is InChI=1S/C8H15.Y/c1-3-8(4-2)6-5-7-8;/h1,3-7H2,2H3;/q-1;. The summed E-state index contributed by atoms with van der Waals surface area (Å²) in [5, 5.41) is 0. The van der Waals surface area contributed by atoms with Crippen LogP contribution in [-0.2, 0) is 32.7 Å². The molecular weight excluding hydrogens is 185 g/mol. The molecule has 0 aromatic heterocycles. The number of hydrogen-bond acceptors (Lipinski definition) is 0. The van der Waals surface area contributed by atoms with Gasteiger partial charge in [-0.2, -0.15) is 6.42 Å². The third-order valence-electron chi connectivity index (χ3n) is 2.69. The minimum Gasteiger partial charge on any atom is -0.343 e. The first-order valence-electron chi connectivity index (χ1n) is 3.62. The summed E-state index contributed by atoms with van der Waals surface area (Å²) >= 11 is 0. The van der Waals surface area contributed by atoms with Crippen molar-refractivity contribution in [2.45, 2.75) is 39.0 Å². The van der Waals surface area contributed by atoms with E-state index in [1.165, 1.54) is 25.7 Å². The Morgan fingerprint density at radius 3 is 2.00 bits per heavy atom.